The fourth-order valence-electron chi connectivity index (χ4n) is 2.54. The molecule has 1 aromatic carbocycles. The Hall–Kier alpha value is -1.35. The molecule has 1 aromatic rings. The lowest BCUT2D eigenvalue weighted by molar-refractivity contribution is -0.117. The summed E-state index contributed by atoms with van der Waals surface area (Å²) in [6.07, 6.45) is 5.51. The third kappa shape index (κ3) is 4.34. The maximum atomic E-state index is 11.9. The molecule has 0 radical (unpaired) electrons. The van der Waals surface area contributed by atoms with E-state index in [-0.39, 0.29) is 5.91 Å². The van der Waals surface area contributed by atoms with Crippen molar-refractivity contribution in [2.45, 2.75) is 52.0 Å². The fraction of sp³-hybridized carbons (Fsp3) is 0.588. The first-order valence-corrected chi connectivity index (χ1v) is 7.82. The van der Waals surface area contributed by atoms with Crippen molar-refractivity contribution < 1.29 is 4.79 Å². The second kappa shape index (κ2) is 7.44. The summed E-state index contributed by atoms with van der Waals surface area (Å²) in [7, 11) is 0. The highest BCUT2D eigenvalue weighted by molar-refractivity contribution is 5.90. The summed E-state index contributed by atoms with van der Waals surface area (Å²) in [6.45, 7) is 5.33. The number of hydrogen-bond donors (Lipinski definition) is 2. The lowest BCUT2D eigenvalue weighted by atomic mass is 9.83. The SMILES string of the molecule is CCCNC(C)c1cccc(NC(=O)CC2CCC2)c1. The Kier molecular flexibility index (Phi) is 5.60. The molecule has 1 fully saturated rings. The van der Waals surface area contributed by atoms with E-state index in [0.717, 1.165) is 18.7 Å². The average Bonchev–Trinajstić information content (AvgIpc) is 2.40. The number of hydrogen-bond acceptors (Lipinski definition) is 2. The van der Waals surface area contributed by atoms with E-state index in [2.05, 4.69) is 36.6 Å². The van der Waals surface area contributed by atoms with Crippen LogP contribution in [-0.2, 0) is 4.79 Å². The normalized spacial score (nSPS) is 16.5. The van der Waals surface area contributed by atoms with Gasteiger partial charge in [-0.05, 0) is 56.3 Å². The number of carbonyl (C=O) groups is 1. The third-order valence-corrected chi connectivity index (χ3v) is 4.07. The zero-order valence-corrected chi connectivity index (χ0v) is 12.6. The number of carbonyl (C=O) groups excluding carboxylic acids is 1. The average molecular weight is 274 g/mol. The Balaban J connectivity index is 1.89. The van der Waals surface area contributed by atoms with Crippen LogP contribution in [0.15, 0.2) is 24.3 Å². The maximum absolute atomic E-state index is 11.9. The molecule has 20 heavy (non-hydrogen) atoms. The molecule has 0 aliphatic heterocycles. The molecule has 2 N–H and O–H groups in total. The Morgan fingerprint density at radius 3 is 2.85 bits per heavy atom. The van der Waals surface area contributed by atoms with Crippen LogP contribution in [0, 0.1) is 5.92 Å². The summed E-state index contributed by atoms with van der Waals surface area (Å²) in [6, 6.07) is 8.48. The van der Waals surface area contributed by atoms with Crippen molar-refractivity contribution in [3.63, 3.8) is 0 Å². The summed E-state index contributed by atoms with van der Waals surface area (Å²) in [5.41, 5.74) is 2.14. The number of rotatable bonds is 7. The van der Waals surface area contributed by atoms with Crippen LogP contribution in [0.4, 0.5) is 5.69 Å². The first-order valence-electron chi connectivity index (χ1n) is 7.82. The number of anilines is 1. The molecule has 0 spiro atoms. The van der Waals surface area contributed by atoms with Gasteiger partial charge in [-0.25, -0.2) is 0 Å². The molecule has 2 rings (SSSR count). The Labute approximate surface area is 122 Å². The van der Waals surface area contributed by atoms with Crippen molar-refractivity contribution in [1.82, 2.24) is 5.32 Å². The molecule has 1 amide bonds. The van der Waals surface area contributed by atoms with Gasteiger partial charge in [0.05, 0.1) is 0 Å². The van der Waals surface area contributed by atoms with E-state index in [1.54, 1.807) is 0 Å². The maximum Gasteiger partial charge on any atom is 0.224 e. The Bertz CT molecular complexity index is 440. The molecule has 3 heteroatoms. The molecular weight excluding hydrogens is 248 g/mol. The zero-order chi connectivity index (χ0) is 14.4. The van der Waals surface area contributed by atoms with Gasteiger partial charge in [-0.15, -0.1) is 0 Å². The Morgan fingerprint density at radius 1 is 1.40 bits per heavy atom. The highest BCUT2D eigenvalue weighted by Crippen LogP contribution is 2.29. The minimum absolute atomic E-state index is 0.154. The summed E-state index contributed by atoms with van der Waals surface area (Å²) in [5, 5.41) is 6.49. The topological polar surface area (TPSA) is 41.1 Å². The zero-order valence-electron chi connectivity index (χ0n) is 12.6. The van der Waals surface area contributed by atoms with E-state index in [1.807, 2.05) is 12.1 Å². The van der Waals surface area contributed by atoms with Crippen LogP contribution in [0.2, 0.25) is 0 Å². The summed E-state index contributed by atoms with van der Waals surface area (Å²) < 4.78 is 0. The highest BCUT2D eigenvalue weighted by Gasteiger charge is 2.20. The van der Waals surface area contributed by atoms with Gasteiger partial charge in [0.25, 0.3) is 0 Å². The Morgan fingerprint density at radius 2 is 2.20 bits per heavy atom. The van der Waals surface area contributed by atoms with E-state index < -0.39 is 0 Å². The lowest BCUT2D eigenvalue weighted by Gasteiger charge is -2.24. The standard InChI is InChI=1S/C17H26N2O/c1-3-10-18-13(2)15-8-5-9-16(12-15)19-17(20)11-14-6-4-7-14/h5,8-9,12-14,18H,3-4,6-7,10-11H2,1-2H3,(H,19,20). The molecule has 0 saturated heterocycles. The number of benzene rings is 1. The second-order valence-corrected chi connectivity index (χ2v) is 5.85. The van der Waals surface area contributed by atoms with E-state index >= 15 is 0 Å². The predicted octanol–water partition coefficient (Wildman–Crippen LogP) is 3.88. The van der Waals surface area contributed by atoms with Crippen molar-refractivity contribution in [3.8, 4) is 0 Å². The van der Waals surface area contributed by atoms with Gasteiger partial charge < -0.3 is 10.6 Å². The number of nitrogens with one attached hydrogen (secondary N) is 2. The number of amides is 1. The van der Waals surface area contributed by atoms with Crippen molar-refractivity contribution >= 4 is 11.6 Å². The molecular formula is C17H26N2O. The van der Waals surface area contributed by atoms with Gasteiger partial charge in [-0.2, -0.15) is 0 Å². The molecule has 3 nitrogen and oxygen atoms in total. The predicted molar refractivity (Wildman–Crippen MR) is 83.7 cm³/mol. The van der Waals surface area contributed by atoms with E-state index in [9.17, 15) is 4.79 Å². The van der Waals surface area contributed by atoms with E-state index in [0.29, 0.717) is 18.4 Å². The van der Waals surface area contributed by atoms with Gasteiger partial charge in [0.1, 0.15) is 0 Å². The molecule has 1 atom stereocenters. The van der Waals surface area contributed by atoms with Crippen LogP contribution in [0.1, 0.15) is 57.6 Å². The van der Waals surface area contributed by atoms with Gasteiger partial charge in [0.15, 0.2) is 0 Å². The van der Waals surface area contributed by atoms with Crippen molar-refractivity contribution in [1.29, 1.82) is 0 Å². The van der Waals surface area contributed by atoms with Gasteiger partial charge in [0.2, 0.25) is 5.91 Å². The minimum Gasteiger partial charge on any atom is -0.326 e. The van der Waals surface area contributed by atoms with Crippen molar-refractivity contribution in [2.24, 2.45) is 5.92 Å². The van der Waals surface area contributed by atoms with Crippen LogP contribution in [0.5, 0.6) is 0 Å². The van der Waals surface area contributed by atoms with Crippen molar-refractivity contribution in [2.75, 3.05) is 11.9 Å². The molecule has 0 aromatic heterocycles. The van der Waals surface area contributed by atoms with Crippen molar-refractivity contribution in [3.05, 3.63) is 29.8 Å². The van der Waals surface area contributed by atoms with Gasteiger partial charge >= 0.3 is 0 Å². The summed E-state index contributed by atoms with van der Waals surface area (Å²) >= 11 is 0. The van der Waals surface area contributed by atoms with Gasteiger partial charge in [0, 0.05) is 18.2 Å². The molecule has 1 aliphatic carbocycles. The monoisotopic (exact) mass is 274 g/mol. The molecule has 110 valence electrons. The first kappa shape index (κ1) is 15.0. The van der Waals surface area contributed by atoms with E-state index in [1.165, 1.54) is 24.8 Å². The molecule has 0 bridgehead atoms. The first-order chi connectivity index (χ1) is 9.69. The molecule has 1 saturated carbocycles. The third-order valence-electron chi connectivity index (χ3n) is 4.07. The van der Waals surface area contributed by atoms with Crippen LogP contribution < -0.4 is 10.6 Å². The molecule has 1 unspecified atom stereocenters. The van der Waals surface area contributed by atoms with Gasteiger partial charge in [-0.1, -0.05) is 25.5 Å². The minimum atomic E-state index is 0.154. The largest absolute Gasteiger partial charge is 0.326 e. The molecule has 1 aliphatic rings. The fourth-order valence-corrected chi connectivity index (χ4v) is 2.54. The van der Waals surface area contributed by atoms with Crippen LogP contribution in [0.25, 0.3) is 0 Å². The summed E-state index contributed by atoms with van der Waals surface area (Å²) in [5.74, 6) is 0.768. The van der Waals surface area contributed by atoms with E-state index in [4.69, 9.17) is 0 Å². The van der Waals surface area contributed by atoms with Crippen LogP contribution in [0.3, 0.4) is 0 Å². The lowest BCUT2D eigenvalue weighted by Crippen LogP contribution is -2.21. The highest BCUT2D eigenvalue weighted by atomic mass is 16.1. The van der Waals surface area contributed by atoms with Gasteiger partial charge in [-0.3, -0.25) is 4.79 Å². The second-order valence-electron chi connectivity index (χ2n) is 5.85. The molecule has 0 heterocycles. The van der Waals surface area contributed by atoms with Crippen LogP contribution in [-0.4, -0.2) is 12.5 Å². The summed E-state index contributed by atoms with van der Waals surface area (Å²) in [4.78, 5) is 11.9. The smallest absolute Gasteiger partial charge is 0.224 e. The van der Waals surface area contributed by atoms with Crippen LogP contribution >= 0.6 is 0 Å². The quantitative estimate of drug-likeness (QED) is 0.792.